The molecule has 2 aromatic rings. The lowest BCUT2D eigenvalue weighted by molar-refractivity contribution is -0.142. The first kappa shape index (κ1) is 25.4. The number of rotatable bonds is 13. The summed E-state index contributed by atoms with van der Waals surface area (Å²) in [7, 11) is 0. The van der Waals surface area contributed by atoms with Crippen LogP contribution in [0.15, 0.2) is 42.5 Å². The Morgan fingerprint density at radius 2 is 1.82 bits per heavy atom. The Kier molecular flexibility index (Phi) is 10.4. The predicted octanol–water partition coefficient (Wildman–Crippen LogP) is 5.56. The predicted molar refractivity (Wildman–Crippen MR) is 134 cm³/mol. The van der Waals surface area contributed by atoms with E-state index in [2.05, 4.69) is 26.0 Å². The van der Waals surface area contributed by atoms with Crippen molar-refractivity contribution < 1.29 is 14.3 Å². The van der Waals surface area contributed by atoms with Crippen molar-refractivity contribution in [3.8, 4) is 0 Å². The van der Waals surface area contributed by atoms with Gasteiger partial charge in [-0.15, -0.1) is 11.3 Å². The number of aryl methyl sites for hydroxylation is 1. The van der Waals surface area contributed by atoms with E-state index in [4.69, 9.17) is 4.74 Å². The first-order chi connectivity index (χ1) is 16.0. The van der Waals surface area contributed by atoms with Gasteiger partial charge in [0.15, 0.2) is 0 Å². The first-order valence-electron chi connectivity index (χ1n) is 12.3. The maximum absolute atomic E-state index is 13.5. The Labute approximate surface area is 202 Å². The molecule has 1 aromatic heterocycles. The van der Waals surface area contributed by atoms with Gasteiger partial charge in [0.05, 0.1) is 19.2 Å². The van der Waals surface area contributed by atoms with Crippen LogP contribution in [0, 0.1) is 6.92 Å². The highest BCUT2D eigenvalue weighted by Crippen LogP contribution is 2.20. The van der Waals surface area contributed by atoms with E-state index in [0.717, 1.165) is 55.6 Å². The second-order valence-corrected chi connectivity index (χ2v) is 10.3. The molecule has 1 atom stereocenters. The average Bonchev–Trinajstić information content (AvgIpc) is 3.48. The molecule has 0 unspecified atom stereocenters. The molecule has 33 heavy (non-hydrogen) atoms. The van der Waals surface area contributed by atoms with Crippen LogP contribution in [0.4, 0.5) is 0 Å². The van der Waals surface area contributed by atoms with E-state index in [0.29, 0.717) is 26.1 Å². The number of thiophene rings is 1. The van der Waals surface area contributed by atoms with Crippen molar-refractivity contribution in [2.45, 2.75) is 78.0 Å². The summed E-state index contributed by atoms with van der Waals surface area (Å²) in [5.41, 5.74) is 1.09. The molecule has 6 heteroatoms. The van der Waals surface area contributed by atoms with Gasteiger partial charge in [-0.1, -0.05) is 56.5 Å². The van der Waals surface area contributed by atoms with Crippen LogP contribution in [0.2, 0.25) is 0 Å². The number of ether oxygens (including phenoxy) is 1. The quantitative estimate of drug-likeness (QED) is 0.360. The maximum atomic E-state index is 13.5. The number of carbonyl (C=O) groups is 2. The smallest absolute Gasteiger partial charge is 0.242 e. The molecule has 1 aliphatic heterocycles. The molecule has 0 spiro atoms. The summed E-state index contributed by atoms with van der Waals surface area (Å²) in [6.45, 7) is 6.72. The first-order valence-corrected chi connectivity index (χ1v) is 13.1. The topological polar surface area (TPSA) is 49.9 Å². The Balaban J connectivity index is 1.69. The lowest BCUT2D eigenvalue weighted by atomic mass is 10.1. The standard InChI is InChI=1S/C27H38N2O3S/c1-3-4-5-9-14-26(30)29(19-24-13-10-17-32-24)21-27(31)28(18-23-11-7-6-8-12-23)20-25-16-15-22(2)33-25/h6-8,11-12,15-16,24H,3-5,9-10,13-14,17-21H2,1-2H3/t24-/m0/s1. The van der Waals surface area contributed by atoms with Crippen LogP contribution in [0.25, 0.3) is 0 Å². The van der Waals surface area contributed by atoms with E-state index in [1.165, 1.54) is 4.88 Å². The largest absolute Gasteiger partial charge is 0.376 e. The van der Waals surface area contributed by atoms with Gasteiger partial charge >= 0.3 is 0 Å². The molecule has 180 valence electrons. The summed E-state index contributed by atoms with van der Waals surface area (Å²) >= 11 is 1.72. The number of unbranched alkanes of at least 4 members (excludes halogenated alkanes) is 3. The molecular weight excluding hydrogens is 432 g/mol. The fourth-order valence-corrected chi connectivity index (χ4v) is 5.11. The van der Waals surface area contributed by atoms with Crippen molar-refractivity contribution in [1.82, 2.24) is 9.80 Å². The SMILES string of the molecule is CCCCCCC(=O)N(CC(=O)N(Cc1ccccc1)Cc1ccc(C)s1)C[C@@H]1CCCO1. The van der Waals surface area contributed by atoms with Crippen molar-refractivity contribution in [2.24, 2.45) is 0 Å². The van der Waals surface area contributed by atoms with Crippen molar-refractivity contribution in [1.29, 1.82) is 0 Å². The molecule has 0 aliphatic carbocycles. The zero-order valence-electron chi connectivity index (χ0n) is 20.1. The number of hydrogen-bond acceptors (Lipinski definition) is 4. The van der Waals surface area contributed by atoms with E-state index >= 15 is 0 Å². The number of nitrogens with zero attached hydrogens (tertiary/aromatic N) is 2. The van der Waals surface area contributed by atoms with Crippen molar-refractivity contribution in [3.05, 3.63) is 57.8 Å². The number of benzene rings is 1. The molecule has 3 rings (SSSR count). The van der Waals surface area contributed by atoms with Gasteiger partial charge < -0.3 is 14.5 Å². The highest BCUT2D eigenvalue weighted by Gasteiger charge is 2.26. The molecular formula is C27H38N2O3S. The molecule has 1 aromatic carbocycles. The van der Waals surface area contributed by atoms with E-state index in [1.807, 2.05) is 35.2 Å². The van der Waals surface area contributed by atoms with Crippen LogP contribution in [-0.4, -0.2) is 47.4 Å². The molecule has 2 amide bonds. The molecule has 0 bridgehead atoms. The highest BCUT2D eigenvalue weighted by atomic mass is 32.1. The summed E-state index contributed by atoms with van der Waals surface area (Å²) in [4.78, 5) is 32.6. The van der Waals surface area contributed by atoms with Gasteiger partial charge in [-0.05, 0) is 43.9 Å². The fraction of sp³-hybridized carbons (Fsp3) is 0.556. The molecule has 1 aliphatic rings. The normalized spacial score (nSPS) is 15.5. The van der Waals surface area contributed by atoms with E-state index in [9.17, 15) is 9.59 Å². The maximum Gasteiger partial charge on any atom is 0.242 e. The lowest BCUT2D eigenvalue weighted by Crippen LogP contribution is -2.45. The van der Waals surface area contributed by atoms with Gasteiger partial charge in [0.2, 0.25) is 11.8 Å². The van der Waals surface area contributed by atoms with Crippen LogP contribution in [0.1, 0.15) is 67.2 Å². The van der Waals surface area contributed by atoms with Crippen molar-refractivity contribution in [2.75, 3.05) is 19.7 Å². The van der Waals surface area contributed by atoms with Gasteiger partial charge in [0.25, 0.3) is 0 Å². The number of amides is 2. The highest BCUT2D eigenvalue weighted by molar-refractivity contribution is 7.11. The van der Waals surface area contributed by atoms with Crippen molar-refractivity contribution >= 4 is 23.2 Å². The number of hydrogen-bond donors (Lipinski definition) is 0. The fourth-order valence-electron chi connectivity index (χ4n) is 4.21. The minimum atomic E-state index is -0.00943. The number of carbonyl (C=O) groups excluding carboxylic acids is 2. The van der Waals surface area contributed by atoms with Crippen LogP contribution in [0.5, 0.6) is 0 Å². The summed E-state index contributed by atoms with van der Waals surface area (Å²) in [5, 5.41) is 0. The van der Waals surface area contributed by atoms with Crippen LogP contribution in [-0.2, 0) is 27.4 Å². The summed E-state index contributed by atoms with van der Waals surface area (Å²) in [6, 6.07) is 14.3. The van der Waals surface area contributed by atoms with E-state index in [-0.39, 0.29) is 24.5 Å². The van der Waals surface area contributed by atoms with Gasteiger partial charge in [-0.2, -0.15) is 0 Å². The Morgan fingerprint density at radius 1 is 1.00 bits per heavy atom. The molecule has 2 heterocycles. The van der Waals surface area contributed by atoms with Crippen LogP contribution >= 0.6 is 11.3 Å². The Morgan fingerprint density at radius 3 is 2.48 bits per heavy atom. The average molecular weight is 471 g/mol. The Bertz CT molecular complexity index is 861. The lowest BCUT2D eigenvalue weighted by Gasteiger charge is -2.29. The summed E-state index contributed by atoms with van der Waals surface area (Å²) < 4.78 is 5.80. The zero-order chi connectivity index (χ0) is 23.5. The summed E-state index contributed by atoms with van der Waals surface area (Å²) in [5.74, 6) is 0.0615. The Hall–Kier alpha value is -2.18. The minimum Gasteiger partial charge on any atom is -0.376 e. The van der Waals surface area contributed by atoms with E-state index in [1.54, 1.807) is 16.2 Å². The zero-order valence-corrected chi connectivity index (χ0v) is 20.9. The van der Waals surface area contributed by atoms with Gasteiger partial charge in [-0.25, -0.2) is 0 Å². The molecule has 0 radical (unpaired) electrons. The third-order valence-electron chi connectivity index (χ3n) is 6.08. The van der Waals surface area contributed by atoms with Gasteiger partial charge in [0.1, 0.15) is 0 Å². The van der Waals surface area contributed by atoms with Gasteiger partial charge in [-0.3, -0.25) is 9.59 Å². The third-order valence-corrected chi connectivity index (χ3v) is 7.07. The summed E-state index contributed by atoms with van der Waals surface area (Å²) in [6.07, 6.45) is 6.74. The molecule has 1 saturated heterocycles. The van der Waals surface area contributed by atoms with Gasteiger partial charge in [0, 0.05) is 35.9 Å². The van der Waals surface area contributed by atoms with Crippen molar-refractivity contribution in [3.63, 3.8) is 0 Å². The molecule has 5 nitrogen and oxygen atoms in total. The second-order valence-electron chi connectivity index (χ2n) is 8.97. The van der Waals surface area contributed by atoms with Crippen LogP contribution < -0.4 is 0 Å². The van der Waals surface area contributed by atoms with Crippen LogP contribution in [0.3, 0.4) is 0 Å². The van der Waals surface area contributed by atoms with E-state index < -0.39 is 0 Å². The second kappa shape index (κ2) is 13.5. The minimum absolute atomic E-state index is 0.00943. The molecule has 1 fully saturated rings. The third kappa shape index (κ3) is 8.59. The molecule has 0 saturated carbocycles. The monoisotopic (exact) mass is 470 g/mol. The molecule has 0 N–H and O–H groups in total.